The van der Waals surface area contributed by atoms with Crippen molar-refractivity contribution >= 4 is 17.4 Å². The maximum atomic E-state index is 8.76. The maximum absolute atomic E-state index is 8.76. The summed E-state index contributed by atoms with van der Waals surface area (Å²) in [6.07, 6.45) is 1.61. The Kier molecular flexibility index (Phi) is 3.59. The molecule has 1 heterocycles. The van der Waals surface area contributed by atoms with Gasteiger partial charge in [-0.15, -0.1) is 0 Å². The lowest BCUT2D eigenvalue weighted by atomic mass is 10.2. The van der Waals surface area contributed by atoms with Crippen molar-refractivity contribution in [2.75, 3.05) is 5.32 Å². The number of aromatic nitrogens is 1. The molecule has 0 atom stereocenters. The lowest BCUT2D eigenvalue weighted by Crippen LogP contribution is -2.01. The summed E-state index contributed by atoms with van der Waals surface area (Å²) in [4.78, 5) is 4.13. The Morgan fingerprint density at radius 2 is 2.00 bits per heavy atom. The molecule has 4 heteroatoms. The van der Waals surface area contributed by atoms with Crippen LogP contribution in [0.3, 0.4) is 0 Å². The highest BCUT2D eigenvalue weighted by Crippen LogP contribution is 2.11. The minimum absolute atomic E-state index is 0.596. The highest BCUT2D eigenvalue weighted by atomic mass is 35.5. The molecule has 0 bridgehead atoms. The number of nitrogens with zero attached hydrogens (tertiary/aromatic N) is 2. The van der Waals surface area contributed by atoms with E-state index in [2.05, 4.69) is 16.4 Å². The topological polar surface area (TPSA) is 48.7 Å². The average molecular weight is 244 g/mol. The van der Waals surface area contributed by atoms with E-state index in [0.29, 0.717) is 17.9 Å². The number of pyridine rings is 1. The minimum Gasteiger partial charge on any atom is -0.366 e. The monoisotopic (exact) mass is 243 g/mol. The number of benzene rings is 1. The predicted octanol–water partition coefficient (Wildman–Crippen LogP) is 3.22. The Balaban J connectivity index is 2.02. The Labute approximate surface area is 105 Å². The third-order valence-corrected chi connectivity index (χ3v) is 2.53. The molecule has 1 N–H and O–H groups in total. The molecule has 2 rings (SSSR count). The smallest absolute Gasteiger partial charge is 0.127 e. The van der Waals surface area contributed by atoms with E-state index in [1.54, 1.807) is 18.3 Å². The number of nitriles is 1. The van der Waals surface area contributed by atoms with Crippen molar-refractivity contribution in [1.82, 2.24) is 4.98 Å². The van der Waals surface area contributed by atoms with Crippen molar-refractivity contribution in [3.05, 3.63) is 58.7 Å². The zero-order chi connectivity index (χ0) is 12.1. The van der Waals surface area contributed by atoms with Gasteiger partial charge in [0, 0.05) is 17.8 Å². The number of halogens is 1. The van der Waals surface area contributed by atoms with Gasteiger partial charge in [0.2, 0.25) is 0 Å². The summed E-state index contributed by atoms with van der Waals surface area (Å²) in [5, 5.41) is 12.6. The number of hydrogen-bond donors (Lipinski definition) is 1. The summed E-state index contributed by atoms with van der Waals surface area (Å²) in [6, 6.07) is 13.1. The zero-order valence-corrected chi connectivity index (χ0v) is 9.78. The third-order valence-electron chi connectivity index (χ3n) is 2.28. The molecule has 0 fully saturated rings. The van der Waals surface area contributed by atoms with Crippen LogP contribution >= 0.6 is 11.6 Å². The largest absolute Gasteiger partial charge is 0.366 e. The predicted molar refractivity (Wildman–Crippen MR) is 67.7 cm³/mol. The van der Waals surface area contributed by atoms with E-state index in [9.17, 15) is 0 Å². The van der Waals surface area contributed by atoms with Crippen molar-refractivity contribution < 1.29 is 0 Å². The van der Waals surface area contributed by atoms with Crippen LogP contribution in [-0.2, 0) is 6.54 Å². The van der Waals surface area contributed by atoms with Crippen LogP contribution in [0.5, 0.6) is 0 Å². The van der Waals surface area contributed by atoms with Gasteiger partial charge in [0.05, 0.1) is 11.6 Å². The Morgan fingerprint density at radius 1 is 1.24 bits per heavy atom. The highest BCUT2D eigenvalue weighted by Gasteiger charge is 1.97. The molecule has 0 amide bonds. The lowest BCUT2D eigenvalue weighted by Gasteiger charge is -2.05. The fourth-order valence-electron chi connectivity index (χ4n) is 1.39. The van der Waals surface area contributed by atoms with E-state index in [4.69, 9.17) is 16.9 Å². The number of rotatable bonds is 3. The molecule has 1 aromatic heterocycles. The molecule has 84 valence electrons. The molecule has 0 aliphatic carbocycles. The maximum Gasteiger partial charge on any atom is 0.127 e. The first-order valence-electron chi connectivity index (χ1n) is 5.12. The number of anilines is 1. The molecule has 17 heavy (non-hydrogen) atoms. The number of hydrogen-bond acceptors (Lipinski definition) is 3. The molecular formula is C13H10ClN3. The number of nitrogens with one attached hydrogen (secondary N) is 1. The van der Waals surface area contributed by atoms with Gasteiger partial charge in [0.25, 0.3) is 0 Å². The van der Waals surface area contributed by atoms with Crippen LogP contribution in [0.25, 0.3) is 0 Å². The van der Waals surface area contributed by atoms with Gasteiger partial charge < -0.3 is 5.32 Å². The van der Waals surface area contributed by atoms with Gasteiger partial charge in [-0.1, -0.05) is 23.7 Å². The van der Waals surface area contributed by atoms with E-state index in [1.165, 1.54) is 0 Å². The van der Waals surface area contributed by atoms with Crippen molar-refractivity contribution in [1.29, 1.82) is 5.26 Å². The van der Waals surface area contributed by atoms with Crippen LogP contribution in [0.2, 0.25) is 5.02 Å². The van der Waals surface area contributed by atoms with Gasteiger partial charge in [-0.25, -0.2) is 4.98 Å². The second-order valence-corrected chi connectivity index (χ2v) is 3.96. The van der Waals surface area contributed by atoms with Gasteiger partial charge in [0.1, 0.15) is 5.82 Å². The van der Waals surface area contributed by atoms with E-state index in [0.717, 1.165) is 10.6 Å². The SMILES string of the molecule is N#Cc1ccnc(NCc2ccc(Cl)cc2)c1. The normalized spacial score (nSPS) is 9.65. The summed E-state index contributed by atoms with van der Waals surface area (Å²) < 4.78 is 0. The summed E-state index contributed by atoms with van der Waals surface area (Å²) in [5.41, 5.74) is 1.71. The molecule has 0 unspecified atom stereocenters. The summed E-state index contributed by atoms with van der Waals surface area (Å²) in [6.45, 7) is 0.652. The second-order valence-electron chi connectivity index (χ2n) is 3.52. The molecule has 0 spiro atoms. The standard InChI is InChI=1S/C13H10ClN3/c14-12-3-1-10(2-4-12)9-17-13-7-11(8-15)5-6-16-13/h1-7H,9H2,(H,16,17). The van der Waals surface area contributed by atoms with Crippen LogP contribution in [0.1, 0.15) is 11.1 Å². The molecule has 0 aliphatic heterocycles. The van der Waals surface area contributed by atoms with Gasteiger partial charge >= 0.3 is 0 Å². The summed E-state index contributed by atoms with van der Waals surface area (Å²) >= 11 is 5.80. The molecule has 0 aliphatic rings. The third kappa shape index (κ3) is 3.20. The van der Waals surface area contributed by atoms with Crippen LogP contribution in [-0.4, -0.2) is 4.98 Å². The van der Waals surface area contributed by atoms with Gasteiger partial charge in [-0.3, -0.25) is 0 Å². The van der Waals surface area contributed by atoms with Crippen molar-refractivity contribution in [2.24, 2.45) is 0 Å². The Morgan fingerprint density at radius 3 is 2.71 bits per heavy atom. The first kappa shape index (κ1) is 11.4. The van der Waals surface area contributed by atoms with Gasteiger partial charge in [-0.05, 0) is 29.8 Å². The molecule has 0 saturated carbocycles. The fourth-order valence-corrected chi connectivity index (χ4v) is 1.52. The molecule has 2 aromatic rings. The average Bonchev–Trinajstić information content (AvgIpc) is 2.38. The first-order valence-corrected chi connectivity index (χ1v) is 5.50. The quantitative estimate of drug-likeness (QED) is 0.901. The van der Waals surface area contributed by atoms with Crippen LogP contribution in [0.4, 0.5) is 5.82 Å². The van der Waals surface area contributed by atoms with Gasteiger partial charge in [-0.2, -0.15) is 5.26 Å². The second kappa shape index (κ2) is 5.33. The van der Waals surface area contributed by atoms with E-state index < -0.39 is 0 Å². The molecular weight excluding hydrogens is 234 g/mol. The lowest BCUT2D eigenvalue weighted by molar-refractivity contribution is 1.11. The molecule has 1 aromatic carbocycles. The molecule has 3 nitrogen and oxygen atoms in total. The van der Waals surface area contributed by atoms with Crippen LogP contribution in [0, 0.1) is 11.3 Å². The zero-order valence-electron chi connectivity index (χ0n) is 9.02. The van der Waals surface area contributed by atoms with Crippen LogP contribution in [0.15, 0.2) is 42.6 Å². The van der Waals surface area contributed by atoms with E-state index in [-0.39, 0.29) is 0 Å². The summed E-state index contributed by atoms with van der Waals surface area (Å²) in [7, 11) is 0. The van der Waals surface area contributed by atoms with E-state index in [1.807, 2.05) is 24.3 Å². The fraction of sp³-hybridized carbons (Fsp3) is 0.0769. The van der Waals surface area contributed by atoms with Crippen molar-refractivity contribution in [2.45, 2.75) is 6.54 Å². The highest BCUT2D eigenvalue weighted by molar-refractivity contribution is 6.30. The van der Waals surface area contributed by atoms with E-state index >= 15 is 0 Å². The van der Waals surface area contributed by atoms with Crippen molar-refractivity contribution in [3.63, 3.8) is 0 Å². The Bertz CT molecular complexity index is 543. The summed E-state index contributed by atoms with van der Waals surface area (Å²) in [5.74, 6) is 0.694. The van der Waals surface area contributed by atoms with Crippen LogP contribution < -0.4 is 5.32 Å². The minimum atomic E-state index is 0.596. The first-order chi connectivity index (χ1) is 8.28. The Hall–Kier alpha value is -2.05. The van der Waals surface area contributed by atoms with Crippen molar-refractivity contribution in [3.8, 4) is 6.07 Å². The van der Waals surface area contributed by atoms with Gasteiger partial charge in [0.15, 0.2) is 0 Å². The molecule has 0 saturated heterocycles. The molecule has 0 radical (unpaired) electrons.